The highest BCUT2D eigenvalue weighted by Gasteiger charge is 2.39. The van der Waals surface area contributed by atoms with Crippen LogP contribution in [-0.4, -0.2) is 85.6 Å². The van der Waals surface area contributed by atoms with E-state index in [0.717, 1.165) is 6.92 Å². The summed E-state index contributed by atoms with van der Waals surface area (Å²) < 4.78 is -0.116. The molecule has 45 heavy (non-hydrogen) atoms. The van der Waals surface area contributed by atoms with Crippen LogP contribution in [0.3, 0.4) is 0 Å². The zero-order valence-electron chi connectivity index (χ0n) is 23.0. The average molecular weight is 1300 g/mol. The van der Waals surface area contributed by atoms with Crippen LogP contribution in [0, 0.1) is 17.9 Å². The second-order valence-corrected chi connectivity index (χ2v) is 16.5. The summed E-state index contributed by atoms with van der Waals surface area (Å²) in [4.78, 5) is 64.2. The minimum absolute atomic E-state index is 0.0111. The summed E-state index contributed by atoms with van der Waals surface area (Å²) in [7, 11) is 0. The molecule has 0 aliphatic rings. The summed E-state index contributed by atoms with van der Waals surface area (Å²) in [5.41, 5.74) is 0.578. The SMILES string of the molecule is CC(=O)Nc1c(I)c(C(=O)Nc2ccc(I)c(C(=O)NC(CO)CO)c2I)c(I)c(C(=O)NC(I)(CO)C(O)NC(C)=O)c1I. The van der Waals surface area contributed by atoms with Crippen molar-refractivity contribution in [2.45, 2.75) is 29.7 Å². The predicted octanol–water partition coefficient (Wildman–Crippen LogP) is 2.31. The van der Waals surface area contributed by atoms with Crippen molar-refractivity contribution < 1.29 is 44.4 Å². The molecule has 0 bridgehead atoms. The van der Waals surface area contributed by atoms with E-state index in [1.807, 2.05) is 113 Å². The van der Waals surface area contributed by atoms with Crippen molar-refractivity contribution in [2.24, 2.45) is 0 Å². The van der Waals surface area contributed by atoms with Crippen LogP contribution in [0.25, 0.3) is 0 Å². The number of nitrogens with one attached hydrogen (secondary N) is 5. The van der Waals surface area contributed by atoms with Gasteiger partial charge in [0.1, 0.15) is 0 Å². The molecule has 0 heterocycles. The first-order valence-corrected chi connectivity index (χ1v) is 18.8. The molecule has 0 fully saturated rings. The van der Waals surface area contributed by atoms with Crippen LogP contribution < -0.4 is 26.6 Å². The molecule has 246 valence electrons. The van der Waals surface area contributed by atoms with E-state index in [1.165, 1.54) is 6.92 Å². The Kier molecular flexibility index (Phi) is 16.6. The number of rotatable bonds is 12. The van der Waals surface area contributed by atoms with Crippen molar-refractivity contribution in [1.82, 2.24) is 16.0 Å². The molecule has 5 amide bonds. The highest BCUT2D eigenvalue weighted by Crippen LogP contribution is 2.37. The number of alkyl halides is 1. The number of carbonyl (C=O) groups excluding carboxylic acids is 5. The summed E-state index contributed by atoms with van der Waals surface area (Å²) in [5, 5.41) is 51.9. The normalized spacial score (nSPS) is 13.0. The fourth-order valence-electron chi connectivity index (χ4n) is 3.55. The summed E-state index contributed by atoms with van der Waals surface area (Å²) in [6, 6.07) is 2.29. The molecule has 2 aromatic carbocycles. The number of carbonyl (C=O) groups is 5. The van der Waals surface area contributed by atoms with E-state index in [0.29, 0.717) is 10.7 Å². The number of benzene rings is 2. The lowest BCUT2D eigenvalue weighted by Crippen LogP contribution is -2.60. The molecule has 0 aliphatic heterocycles. The second kappa shape index (κ2) is 18.1. The molecule has 2 unspecified atom stereocenters. The Balaban J connectivity index is 2.66. The molecule has 2 atom stereocenters. The zero-order valence-corrected chi connectivity index (χ0v) is 36.0. The Bertz CT molecular complexity index is 1530. The summed E-state index contributed by atoms with van der Waals surface area (Å²) >= 11 is 11.0. The van der Waals surface area contributed by atoms with Crippen molar-refractivity contribution in [3.05, 3.63) is 46.7 Å². The quantitative estimate of drug-likeness (QED) is 0.0658. The Labute approximate surface area is 339 Å². The second-order valence-electron chi connectivity index (χ2n) is 9.10. The largest absolute Gasteiger partial charge is 0.394 e. The van der Waals surface area contributed by atoms with Gasteiger partial charge < -0.3 is 47.0 Å². The number of hydrogen-bond donors (Lipinski definition) is 9. The van der Waals surface area contributed by atoms with Gasteiger partial charge in [0.2, 0.25) is 11.8 Å². The van der Waals surface area contributed by atoms with Crippen molar-refractivity contribution in [2.75, 3.05) is 30.5 Å². The van der Waals surface area contributed by atoms with Crippen LogP contribution in [0.5, 0.6) is 0 Å². The van der Waals surface area contributed by atoms with E-state index in [2.05, 4.69) is 26.6 Å². The number of anilines is 2. The number of aliphatic hydroxyl groups is 4. The Morgan fingerprint density at radius 3 is 1.78 bits per heavy atom. The third-order valence-electron chi connectivity index (χ3n) is 5.74. The fourth-order valence-corrected chi connectivity index (χ4v) is 10.4. The van der Waals surface area contributed by atoms with Gasteiger partial charge in [0, 0.05) is 21.0 Å². The van der Waals surface area contributed by atoms with Gasteiger partial charge >= 0.3 is 0 Å². The molecule has 0 saturated heterocycles. The molecule has 2 aromatic rings. The van der Waals surface area contributed by atoms with Gasteiger partial charge in [-0.25, -0.2) is 0 Å². The minimum Gasteiger partial charge on any atom is -0.394 e. The molecule has 0 aromatic heterocycles. The third-order valence-corrected chi connectivity index (χ3v) is 12.2. The maximum absolute atomic E-state index is 13.9. The van der Waals surface area contributed by atoms with Gasteiger partial charge in [-0.1, -0.05) is 0 Å². The fraction of sp³-hybridized carbons (Fsp3) is 0.320. The van der Waals surface area contributed by atoms with Gasteiger partial charge in [-0.05, 0) is 148 Å². The lowest BCUT2D eigenvalue weighted by atomic mass is 10.1. The van der Waals surface area contributed by atoms with Gasteiger partial charge in [-0.3, -0.25) is 24.0 Å². The molecule has 9 N–H and O–H groups in total. The van der Waals surface area contributed by atoms with E-state index in [9.17, 15) is 44.4 Å². The van der Waals surface area contributed by atoms with Gasteiger partial charge in [0.25, 0.3) is 17.7 Å². The first-order chi connectivity index (χ1) is 20.9. The number of aliphatic hydroxyl groups excluding tert-OH is 4. The van der Waals surface area contributed by atoms with Crippen molar-refractivity contribution in [3.8, 4) is 0 Å². The standard InChI is InChI=1S/C25H25I6N5O9/c1-8(40)32-20-18(29)14(17(28)15(19(20)30)23(44)36-25(31,7-39)24(45)33-9(2)41)22(43)35-12-4-3-11(26)13(16(12)27)21(42)34-10(5-37)6-38/h3-4,10,24,37-39,45H,5-7H2,1-2H3,(H,32,40)(H,33,41)(H,34,42)(H,35,43)(H,36,44). The maximum atomic E-state index is 13.9. The molecule has 0 spiro atoms. The van der Waals surface area contributed by atoms with Crippen LogP contribution in [0.15, 0.2) is 12.1 Å². The molecule has 14 nitrogen and oxygen atoms in total. The number of hydrogen-bond acceptors (Lipinski definition) is 9. The molecular formula is C25H25I6N5O9. The Hall–Kier alpha value is 0.01000. The summed E-state index contributed by atoms with van der Waals surface area (Å²) in [6.45, 7) is 0.674. The lowest BCUT2D eigenvalue weighted by Gasteiger charge is -2.32. The van der Waals surface area contributed by atoms with E-state index in [-0.39, 0.29) is 35.2 Å². The van der Waals surface area contributed by atoms with Gasteiger partial charge in [-0.2, -0.15) is 0 Å². The molecular weight excluding hydrogens is 1280 g/mol. The Morgan fingerprint density at radius 2 is 1.29 bits per heavy atom. The monoisotopic (exact) mass is 1300 g/mol. The average Bonchev–Trinajstić information content (AvgIpc) is 2.94. The van der Waals surface area contributed by atoms with Crippen molar-refractivity contribution >= 4 is 176 Å². The van der Waals surface area contributed by atoms with E-state index in [4.69, 9.17) is 0 Å². The summed E-state index contributed by atoms with van der Waals surface area (Å²) in [5.74, 6) is -3.17. The number of amides is 5. The predicted molar refractivity (Wildman–Crippen MR) is 215 cm³/mol. The first-order valence-electron chi connectivity index (χ1n) is 12.3. The maximum Gasteiger partial charge on any atom is 0.257 e. The first kappa shape index (κ1) is 41.2. The van der Waals surface area contributed by atoms with E-state index >= 15 is 0 Å². The van der Waals surface area contributed by atoms with Crippen LogP contribution in [0.1, 0.15) is 44.9 Å². The smallest absolute Gasteiger partial charge is 0.257 e. The molecule has 20 heteroatoms. The third kappa shape index (κ3) is 10.3. The topological polar surface area (TPSA) is 226 Å². The zero-order chi connectivity index (χ0) is 34.4. The molecule has 2 rings (SSSR count). The van der Waals surface area contributed by atoms with Gasteiger partial charge in [0.05, 0.1) is 64.6 Å². The lowest BCUT2D eigenvalue weighted by molar-refractivity contribution is -0.122. The van der Waals surface area contributed by atoms with Crippen LogP contribution in [0.2, 0.25) is 0 Å². The van der Waals surface area contributed by atoms with Crippen LogP contribution in [0.4, 0.5) is 11.4 Å². The van der Waals surface area contributed by atoms with E-state index < -0.39 is 65.2 Å². The molecule has 0 radical (unpaired) electrons. The summed E-state index contributed by atoms with van der Waals surface area (Å²) in [6.07, 6.45) is -1.68. The highest BCUT2D eigenvalue weighted by molar-refractivity contribution is 14.1. The van der Waals surface area contributed by atoms with Crippen LogP contribution >= 0.6 is 136 Å². The highest BCUT2D eigenvalue weighted by atomic mass is 127. The van der Waals surface area contributed by atoms with Gasteiger partial charge in [-0.15, -0.1) is 0 Å². The van der Waals surface area contributed by atoms with Crippen molar-refractivity contribution in [3.63, 3.8) is 0 Å². The molecule has 0 aliphatic carbocycles. The van der Waals surface area contributed by atoms with Gasteiger partial charge in [0.15, 0.2) is 9.77 Å². The minimum atomic E-state index is -1.76. The van der Waals surface area contributed by atoms with E-state index in [1.54, 1.807) is 34.7 Å². The van der Waals surface area contributed by atoms with Crippen LogP contribution in [-0.2, 0) is 9.59 Å². The number of halogens is 6. The molecule has 0 saturated carbocycles. The van der Waals surface area contributed by atoms with Crippen molar-refractivity contribution in [1.29, 1.82) is 0 Å². The Morgan fingerprint density at radius 1 is 0.733 bits per heavy atom.